The van der Waals surface area contributed by atoms with Crippen LogP contribution in [0.2, 0.25) is 0 Å². The summed E-state index contributed by atoms with van der Waals surface area (Å²) in [6, 6.07) is 8.20. The van der Waals surface area contributed by atoms with Gasteiger partial charge in [0, 0.05) is 25.2 Å². The van der Waals surface area contributed by atoms with Crippen molar-refractivity contribution in [3.63, 3.8) is 0 Å². The van der Waals surface area contributed by atoms with E-state index >= 15 is 0 Å². The molecule has 0 saturated heterocycles. The smallest absolute Gasteiger partial charge is 0.0745 e. The Kier molecular flexibility index (Phi) is 4.88. The molecule has 1 aromatic carbocycles. The number of hydrogen-bond acceptors (Lipinski definition) is 2. The van der Waals surface area contributed by atoms with Gasteiger partial charge in [-0.2, -0.15) is 12.1 Å². The van der Waals surface area contributed by atoms with Crippen molar-refractivity contribution in [3.8, 4) is 11.5 Å². The van der Waals surface area contributed by atoms with Crippen LogP contribution in [-0.4, -0.2) is 14.2 Å². The average Bonchev–Trinajstić information content (AvgIpc) is 2.04. The summed E-state index contributed by atoms with van der Waals surface area (Å²) in [6.45, 7) is 0. The first-order valence-electron chi connectivity index (χ1n) is 2.96. The van der Waals surface area contributed by atoms with Gasteiger partial charge in [-0.15, -0.1) is 12.1 Å². The first-order valence-corrected chi connectivity index (χ1v) is 2.96. The van der Waals surface area contributed by atoms with E-state index in [4.69, 9.17) is 9.47 Å². The summed E-state index contributed by atoms with van der Waals surface area (Å²) in [5.41, 5.74) is 0. The molecule has 0 atom stereocenters. The van der Waals surface area contributed by atoms with Crippen molar-refractivity contribution in [3.05, 3.63) is 24.3 Å². The van der Waals surface area contributed by atoms with E-state index in [1.54, 1.807) is 32.4 Å². The standard InChI is InChI=1S/C8H9O2.Zn/c1-9-7-5-3-4-6-8(7)10-2;/h3,5-6H,1-2H3;/q-1;. The van der Waals surface area contributed by atoms with Crippen molar-refractivity contribution >= 4 is 0 Å². The van der Waals surface area contributed by atoms with Gasteiger partial charge in [0.2, 0.25) is 0 Å². The van der Waals surface area contributed by atoms with Crippen LogP contribution in [0.5, 0.6) is 11.5 Å². The molecule has 0 bridgehead atoms. The van der Waals surface area contributed by atoms with Gasteiger partial charge in [0.15, 0.2) is 0 Å². The van der Waals surface area contributed by atoms with Gasteiger partial charge in [-0.25, -0.2) is 0 Å². The Balaban J connectivity index is 0.000001000. The molecule has 1 aromatic rings. The van der Waals surface area contributed by atoms with E-state index in [9.17, 15) is 0 Å². The van der Waals surface area contributed by atoms with Gasteiger partial charge in [-0.1, -0.05) is 0 Å². The maximum atomic E-state index is 4.99. The van der Waals surface area contributed by atoms with Crippen LogP contribution >= 0.6 is 0 Å². The molecular weight excluding hydrogens is 193 g/mol. The minimum atomic E-state index is 0. The van der Waals surface area contributed by atoms with Crippen molar-refractivity contribution in [1.82, 2.24) is 0 Å². The van der Waals surface area contributed by atoms with Crippen LogP contribution in [-0.2, 0) is 19.5 Å². The van der Waals surface area contributed by atoms with Crippen LogP contribution in [0, 0.1) is 6.07 Å². The second-order valence-corrected chi connectivity index (χ2v) is 1.78. The predicted molar refractivity (Wildman–Crippen MR) is 38.4 cm³/mol. The zero-order valence-electron chi connectivity index (χ0n) is 6.76. The van der Waals surface area contributed by atoms with Gasteiger partial charge in [-0.05, 0) is 0 Å². The molecule has 0 radical (unpaired) electrons. The maximum absolute atomic E-state index is 4.99. The van der Waals surface area contributed by atoms with Crippen LogP contribution in [0.15, 0.2) is 18.2 Å². The number of ether oxygens (including phenoxy) is 2. The van der Waals surface area contributed by atoms with Gasteiger partial charge in [0.05, 0.1) is 20.0 Å². The summed E-state index contributed by atoms with van der Waals surface area (Å²) in [5.74, 6) is 1.45. The van der Waals surface area contributed by atoms with Crippen LogP contribution in [0.1, 0.15) is 0 Å². The average molecular weight is 203 g/mol. The van der Waals surface area contributed by atoms with Crippen molar-refractivity contribution in [2.45, 2.75) is 0 Å². The zero-order valence-corrected chi connectivity index (χ0v) is 9.72. The largest absolute Gasteiger partial charge is 0.551 e. The molecule has 0 heterocycles. The van der Waals surface area contributed by atoms with Gasteiger partial charge >= 0.3 is 0 Å². The predicted octanol–water partition coefficient (Wildman–Crippen LogP) is 1.50. The quantitative estimate of drug-likeness (QED) is 0.535. The molecule has 0 unspecified atom stereocenters. The van der Waals surface area contributed by atoms with Crippen LogP contribution in [0.3, 0.4) is 0 Å². The third-order valence-corrected chi connectivity index (χ3v) is 1.23. The molecule has 3 heteroatoms. The molecule has 0 aliphatic rings. The second-order valence-electron chi connectivity index (χ2n) is 1.78. The maximum Gasteiger partial charge on any atom is 0.0745 e. The topological polar surface area (TPSA) is 18.5 Å². The Morgan fingerprint density at radius 1 is 1.18 bits per heavy atom. The van der Waals surface area contributed by atoms with E-state index in [0.29, 0.717) is 5.75 Å². The minimum absolute atomic E-state index is 0. The van der Waals surface area contributed by atoms with Crippen molar-refractivity contribution in [2.75, 3.05) is 14.2 Å². The third-order valence-electron chi connectivity index (χ3n) is 1.23. The molecular formula is C8H9O2Zn-. The monoisotopic (exact) mass is 201 g/mol. The van der Waals surface area contributed by atoms with E-state index < -0.39 is 0 Å². The van der Waals surface area contributed by atoms with Gasteiger partial charge in [0.25, 0.3) is 0 Å². The summed E-state index contributed by atoms with van der Waals surface area (Å²) >= 11 is 0. The van der Waals surface area contributed by atoms with Crippen LogP contribution in [0.4, 0.5) is 0 Å². The molecule has 0 aromatic heterocycles. The van der Waals surface area contributed by atoms with Crippen LogP contribution < -0.4 is 9.47 Å². The van der Waals surface area contributed by atoms with Crippen molar-refractivity contribution < 1.29 is 29.0 Å². The van der Waals surface area contributed by atoms with E-state index in [2.05, 4.69) is 6.07 Å². The third kappa shape index (κ3) is 2.51. The normalized spacial score (nSPS) is 8.18. The Hall–Kier alpha value is -0.557. The van der Waals surface area contributed by atoms with E-state index in [1.165, 1.54) is 0 Å². The molecule has 1 rings (SSSR count). The van der Waals surface area contributed by atoms with Gasteiger partial charge in [-0.3, -0.25) is 0 Å². The zero-order chi connectivity index (χ0) is 7.40. The van der Waals surface area contributed by atoms with E-state index in [1.807, 2.05) is 0 Å². The molecule has 0 spiro atoms. The Morgan fingerprint density at radius 3 is 2.27 bits per heavy atom. The summed E-state index contributed by atoms with van der Waals surface area (Å²) in [4.78, 5) is 0. The Morgan fingerprint density at radius 2 is 1.82 bits per heavy atom. The number of methoxy groups -OCH3 is 2. The minimum Gasteiger partial charge on any atom is -0.551 e. The van der Waals surface area contributed by atoms with Crippen LogP contribution in [0.25, 0.3) is 0 Å². The molecule has 0 aliphatic carbocycles. The number of benzene rings is 1. The van der Waals surface area contributed by atoms with Gasteiger partial charge < -0.3 is 9.47 Å². The molecule has 0 N–H and O–H groups in total. The van der Waals surface area contributed by atoms with E-state index in [0.717, 1.165) is 5.75 Å². The number of rotatable bonds is 2. The SMILES string of the molecule is COc1c[c-]ccc1OC.[Zn]. The summed E-state index contributed by atoms with van der Waals surface area (Å²) in [5, 5.41) is 0. The summed E-state index contributed by atoms with van der Waals surface area (Å²) in [6.07, 6.45) is 0. The number of hydrogen-bond donors (Lipinski definition) is 0. The fourth-order valence-corrected chi connectivity index (χ4v) is 0.729. The first kappa shape index (κ1) is 10.4. The van der Waals surface area contributed by atoms with Gasteiger partial charge in [0.1, 0.15) is 0 Å². The molecule has 2 nitrogen and oxygen atoms in total. The molecule has 0 saturated carbocycles. The fraction of sp³-hybridized carbons (Fsp3) is 0.250. The fourth-order valence-electron chi connectivity index (χ4n) is 0.729. The van der Waals surface area contributed by atoms with Crippen molar-refractivity contribution in [2.24, 2.45) is 0 Å². The molecule has 0 amide bonds. The second kappa shape index (κ2) is 5.14. The summed E-state index contributed by atoms with van der Waals surface area (Å²) < 4.78 is 9.97. The van der Waals surface area contributed by atoms with Crippen molar-refractivity contribution in [1.29, 1.82) is 0 Å². The first-order chi connectivity index (χ1) is 4.88. The molecule has 0 aliphatic heterocycles. The summed E-state index contributed by atoms with van der Waals surface area (Å²) in [7, 11) is 3.21. The molecule has 56 valence electrons. The Bertz CT molecular complexity index is 190. The molecule has 11 heavy (non-hydrogen) atoms. The molecule has 0 fully saturated rings. The Labute approximate surface area is 79.3 Å². The van der Waals surface area contributed by atoms with E-state index in [-0.39, 0.29) is 19.5 Å².